The third-order valence-corrected chi connectivity index (χ3v) is 11.3. The van der Waals surface area contributed by atoms with Crippen molar-refractivity contribution in [1.29, 1.82) is 0 Å². The number of anilines is 3. The summed E-state index contributed by atoms with van der Waals surface area (Å²) < 4.78 is 0. The lowest BCUT2D eigenvalue weighted by molar-refractivity contribution is -0.144. The van der Waals surface area contributed by atoms with Crippen LogP contribution in [0, 0.1) is 11.8 Å². The summed E-state index contributed by atoms with van der Waals surface area (Å²) >= 11 is 0. The van der Waals surface area contributed by atoms with Gasteiger partial charge in [-0.15, -0.1) is 0 Å². The average Bonchev–Trinajstić information content (AvgIpc) is 3.07. The van der Waals surface area contributed by atoms with Crippen LogP contribution in [0.15, 0.2) is 71.4 Å². The quantitative estimate of drug-likeness (QED) is 0.169. The molecule has 242 valence electrons. The molecule has 2 aliphatic heterocycles. The van der Waals surface area contributed by atoms with E-state index in [1.165, 1.54) is 0 Å². The highest BCUT2D eigenvalue weighted by Crippen LogP contribution is 2.49. The van der Waals surface area contributed by atoms with Gasteiger partial charge in [-0.3, -0.25) is 19.4 Å². The van der Waals surface area contributed by atoms with Crippen molar-refractivity contribution in [3.05, 3.63) is 82.6 Å². The molecule has 4 aromatic carbocycles. The number of nitrogens with one attached hydrogen (secondary N) is 3. The Labute approximate surface area is 274 Å². The molecule has 2 fully saturated rings. The molecular weight excluding hydrogens is 608 g/mol. The predicted octanol–water partition coefficient (Wildman–Crippen LogP) is 5.52. The maximum Gasteiger partial charge on any atom is 0.306 e. The Morgan fingerprint density at radius 3 is 1.96 bits per heavy atom. The molecule has 0 unspecified atom stereocenters. The molecule has 2 saturated carbocycles. The summed E-state index contributed by atoms with van der Waals surface area (Å²) in [6.07, 6.45) is 4.32. The van der Waals surface area contributed by atoms with Crippen LogP contribution in [0.4, 0.5) is 17.1 Å². The Morgan fingerprint density at radius 1 is 0.708 bits per heavy atom. The third kappa shape index (κ3) is 4.11. The fraction of sp³-hybridized carbons (Fsp3) is 0.316. The number of Topliss-reactive ketones (excluding diaryl/α,β-unsaturated/α-hetero) is 1. The van der Waals surface area contributed by atoms with Gasteiger partial charge in [-0.05, 0) is 74.3 Å². The highest BCUT2D eigenvalue weighted by Gasteiger charge is 2.44. The molecule has 0 bridgehead atoms. The predicted molar refractivity (Wildman–Crippen MR) is 182 cm³/mol. The fourth-order valence-corrected chi connectivity index (χ4v) is 8.71. The molecule has 2 heterocycles. The van der Waals surface area contributed by atoms with E-state index in [1.54, 1.807) is 0 Å². The molecular formula is C38H34N4O6. The van der Waals surface area contributed by atoms with Crippen LogP contribution in [0.3, 0.4) is 0 Å². The van der Waals surface area contributed by atoms with E-state index in [-0.39, 0.29) is 28.6 Å². The van der Waals surface area contributed by atoms with Gasteiger partial charge in [0, 0.05) is 32.9 Å². The monoisotopic (exact) mass is 642 g/mol. The lowest BCUT2D eigenvalue weighted by atomic mass is 9.77. The van der Waals surface area contributed by atoms with Gasteiger partial charge in [0.05, 0.1) is 34.0 Å². The van der Waals surface area contributed by atoms with Crippen molar-refractivity contribution in [3.63, 3.8) is 0 Å². The van der Waals surface area contributed by atoms with Gasteiger partial charge in [-0.2, -0.15) is 0 Å². The van der Waals surface area contributed by atoms with Gasteiger partial charge in [-0.1, -0.05) is 48.5 Å². The van der Waals surface area contributed by atoms with E-state index in [1.807, 2.05) is 60.7 Å². The Kier molecular flexibility index (Phi) is 6.04. The second-order valence-corrected chi connectivity index (χ2v) is 14.0. The highest BCUT2D eigenvalue weighted by atomic mass is 16.4. The summed E-state index contributed by atoms with van der Waals surface area (Å²) in [5.41, 5.74) is 2.37. The number of carbonyl (C=O) groups is 3. The summed E-state index contributed by atoms with van der Waals surface area (Å²) in [4.78, 5) is 42.9. The number of carboxylic acids is 2. The molecule has 48 heavy (non-hydrogen) atoms. The van der Waals surface area contributed by atoms with Crippen molar-refractivity contribution in [2.45, 2.75) is 62.7 Å². The van der Waals surface area contributed by atoms with Crippen LogP contribution in [-0.4, -0.2) is 44.4 Å². The van der Waals surface area contributed by atoms with Crippen molar-refractivity contribution >= 4 is 67.5 Å². The normalized spacial score (nSPS) is 28.4. The molecule has 5 aliphatic rings. The second-order valence-electron chi connectivity index (χ2n) is 14.0. The molecule has 3 aliphatic carbocycles. The number of rotatable bonds is 3. The van der Waals surface area contributed by atoms with E-state index >= 15 is 0 Å². The summed E-state index contributed by atoms with van der Waals surface area (Å²) in [5, 5.41) is 46.9. The summed E-state index contributed by atoms with van der Waals surface area (Å²) in [5.74, 6) is -2.71. The minimum atomic E-state index is -0.786. The molecule has 10 nitrogen and oxygen atoms in total. The molecule has 0 atom stereocenters. The number of aliphatic carboxylic acids is 2. The Hall–Kier alpha value is -5.38. The number of benzene rings is 4. The lowest BCUT2D eigenvalue weighted by Crippen LogP contribution is -2.51. The summed E-state index contributed by atoms with van der Waals surface area (Å²) in [6.45, 7) is 0. The van der Waals surface area contributed by atoms with E-state index in [4.69, 9.17) is 4.99 Å². The van der Waals surface area contributed by atoms with Gasteiger partial charge in [0.2, 0.25) is 5.78 Å². The summed E-state index contributed by atoms with van der Waals surface area (Å²) in [7, 11) is 0. The van der Waals surface area contributed by atoms with Crippen LogP contribution in [0.5, 0.6) is 0 Å². The van der Waals surface area contributed by atoms with E-state index in [0.29, 0.717) is 67.5 Å². The SMILES string of the molecule is O=C1C(c2ccc3cccc4c3c2NC2(CCC(C(=O)O)CC2)N4)=C(O)/C1=c1\ccc2cccc3c2c1=NC1(CCC(C(=O)O)CC1)N3. The average molecular weight is 643 g/mol. The van der Waals surface area contributed by atoms with Crippen LogP contribution in [-0.2, 0) is 14.4 Å². The Bertz CT molecular complexity index is 2290. The minimum Gasteiger partial charge on any atom is -0.506 e. The molecule has 0 radical (unpaired) electrons. The van der Waals surface area contributed by atoms with E-state index in [9.17, 15) is 29.7 Å². The van der Waals surface area contributed by atoms with Gasteiger partial charge in [0.25, 0.3) is 0 Å². The van der Waals surface area contributed by atoms with Gasteiger partial charge >= 0.3 is 11.9 Å². The van der Waals surface area contributed by atoms with Crippen molar-refractivity contribution in [1.82, 2.24) is 0 Å². The number of ketones is 1. The zero-order valence-electron chi connectivity index (χ0n) is 26.1. The molecule has 2 spiro atoms. The van der Waals surface area contributed by atoms with Crippen molar-refractivity contribution < 1.29 is 29.7 Å². The molecule has 0 amide bonds. The molecule has 10 heteroatoms. The van der Waals surface area contributed by atoms with Crippen molar-refractivity contribution in [2.24, 2.45) is 16.8 Å². The molecule has 9 rings (SSSR count). The molecule has 6 N–H and O–H groups in total. The maximum absolute atomic E-state index is 14.3. The van der Waals surface area contributed by atoms with Crippen LogP contribution in [0.2, 0.25) is 0 Å². The van der Waals surface area contributed by atoms with Crippen molar-refractivity contribution in [3.8, 4) is 0 Å². The smallest absolute Gasteiger partial charge is 0.306 e. The standard InChI is InChI=1S/C38H34N4O6/c43-33-29(23-9-7-19-3-1-5-25-27(19)31(23)41-37(39-25)15-11-21(12-16-37)35(45)46)34(44)30(33)24-10-8-20-4-2-6-26-28(20)32(24)42-38(40-26)17-13-22(14-18-38)36(47)48/h1-10,21-22,39-41,43H,11-18H2,(H,45,46)(H,47,48)/b30-24-. The Morgan fingerprint density at radius 2 is 1.31 bits per heavy atom. The van der Waals surface area contributed by atoms with E-state index in [0.717, 1.165) is 38.6 Å². The van der Waals surface area contributed by atoms with Crippen molar-refractivity contribution in [2.75, 3.05) is 16.0 Å². The zero-order chi connectivity index (χ0) is 32.9. The largest absolute Gasteiger partial charge is 0.506 e. The number of aliphatic hydroxyl groups excluding tert-OH is 1. The maximum atomic E-state index is 14.3. The first-order valence-electron chi connectivity index (χ1n) is 16.7. The van der Waals surface area contributed by atoms with Crippen LogP contribution in [0.25, 0.3) is 32.7 Å². The van der Waals surface area contributed by atoms with E-state index < -0.39 is 29.2 Å². The number of hydrogen-bond donors (Lipinski definition) is 6. The first kappa shape index (κ1) is 28.8. The van der Waals surface area contributed by atoms with Gasteiger partial charge in [0.1, 0.15) is 17.1 Å². The number of allylic oxidation sites excluding steroid dienone is 2. The lowest BCUT2D eigenvalue weighted by Gasteiger charge is -2.46. The first-order chi connectivity index (χ1) is 23.2. The van der Waals surface area contributed by atoms with Gasteiger partial charge < -0.3 is 31.3 Å². The van der Waals surface area contributed by atoms with Crippen LogP contribution < -0.4 is 26.5 Å². The Balaban J connectivity index is 1.19. The van der Waals surface area contributed by atoms with Crippen LogP contribution in [0.1, 0.15) is 56.9 Å². The number of carboxylic acid groups (broad SMARTS) is 2. The number of carbonyl (C=O) groups excluding carboxylic acids is 1. The zero-order valence-corrected chi connectivity index (χ0v) is 26.1. The van der Waals surface area contributed by atoms with E-state index in [2.05, 4.69) is 16.0 Å². The number of hydrogen-bond acceptors (Lipinski definition) is 8. The summed E-state index contributed by atoms with van der Waals surface area (Å²) in [6, 6.07) is 19.6. The molecule has 0 saturated heterocycles. The van der Waals surface area contributed by atoms with Crippen LogP contribution >= 0.6 is 0 Å². The highest BCUT2D eigenvalue weighted by molar-refractivity contribution is 6.52. The second kappa shape index (κ2) is 10.1. The van der Waals surface area contributed by atoms with Gasteiger partial charge in [-0.25, -0.2) is 0 Å². The fourth-order valence-electron chi connectivity index (χ4n) is 8.71. The number of aliphatic hydroxyl groups is 1. The third-order valence-electron chi connectivity index (χ3n) is 11.3. The topological polar surface area (TPSA) is 160 Å². The minimum absolute atomic E-state index is 0.0810. The molecule has 0 aromatic heterocycles. The first-order valence-corrected chi connectivity index (χ1v) is 16.7. The van der Waals surface area contributed by atoms with Gasteiger partial charge in [0.15, 0.2) is 0 Å². The molecule has 4 aromatic rings. The number of nitrogens with zero attached hydrogens (tertiary/aromatic N) is 1.